The number of imidazole rings is 1. The predicted molar refractivity (Wildman–Crippen MR) is 172 cm³/mol. The molecule has 2 aromatic carbocycles. The van der Waals surface area contributed by atoms with E-state index in [1.165, 1.54) is 6.08 Å². The van der Waals surface area contributed by atoms with Gasteiger partial charge in [-0.1, -0.05) is 24.2 Å². The summed E-state index contributed by atoms with van der Waals surface area (Å²) in [5, 5.41) is 16.7. The van der Waals surface area contributed by atoms with Gasteiger partial charge < -0.3 is 41.2 Å². The van der Waals surface area contributed by atoms with Gasteiger partial charge in [0.25, 0.3) is 5.91 Å². The number of fused-ring (bicyclic) bond motifs is 1. The molecule has 1 fully saturated rings. The topological polar surface area (TPSA) is 185 Å². The number of aliphatic carboxylic acids is 1. The quantitative estimate of drug-likeness (QED) is 0.148. The van der Waals surface area contributed by atoms with Crippen molar-refractivity contribution in [2.24, 2.45) is 5.73 Å². The maximum absolute atomic E-state index is 12.6. The van der Waals surface area contributed by atoms with Crippen LogP contribution in [0.15, 0.2) is 61.4 Å². The molecule has 2 amide bonds. The van der Waals surface area contributed by atoms with Gasteiger partial charge in [-0.2, -0.15) is 18.2 Å². The molecule has 6 N–H and O–H groups in total. The smallest absolute Gasteiger partial charge is 0.490 e. The molecule has 0 spiro atoms. The summed E-state index contributed by atoms with van der Waals surface area (Å²) >= 11 is 6.23. The zero-order valence-electron chi connectivity index (χ0n) is 25.3. The second-order valence-corrected chi connectivity index (χ2v) is 10.3. The summed E-state index contributed by atoms with van der Waals surface area (Å²) in [6.07, 6.45) is -0.677. The number of primary amides is 1. The summed E-state index contributed by atoms with van der Waals surface area (Å²) in [7, 11) is 1.61. The van der Waals surface area contributed by atoms with Crippen molar-refractivity contribution in [3.05, 3.63) is 77.6 Å². The number of hydrogen-bond acceptors (Lipinski definition) is 10. The third-order valence-electron chi connectivity index (χ3n) is 6.75. The molecule has 18 heteroatoms. The van der Waals surface area contributed by atoms with Crippen molar-refractivity contribution in [2.75, 3.05) is 54.3 Å². The maximum atomic E-state index is 12.6. The molecule has 1 aliphatic rings. The van der Waals surface area contributed by atoms with Crippen LogP contribution in [-0.2, 0) is 20.9 Å². The number of ether oxygens (including phenoxy) is 2. The van der Waals surface area contributed by atoms with E-state index in [1.807, 2.05) is 24.3 Å². The Morgan fingerprint density at radius 1 is 1.19 bits per heavy atom. The predicted octanol–water partition coefficient (Wildman–Crippen LogP) is 4.44. The number of halogens is 4. The molecule has 4 aromatic rings. The second-order valence-electron chi connectivity index (χ2n) is 9.92. The minimum Gasteiger partial charge on any atom is -0.495 e. The normalized spacial score (nSPS) is 12.8. The highest BCUT2D eigenvalue weighted by molar-refractivity contribution is 6.33. The van der Waals surface area contributed by atoms with E-state index in [0.29, 0.717) is 53.5 Å². The van der Waals surface area contributed by atoms with Gasteiger partial charge in [0.15, 0.2) is 11.5 Å². The van der Waals surface area contributed by atoms with Crippen molar-refractivity contribution < 1.29 is 42.1 Å². The number of amides is 2. The summed E-state index contributed by atoms with van der Waals surface area (Å²) in [4.78, 5) is 44.5. The van der Waals surface area contributed by atoms with E-state index < -0.39 is 18.1 Å². The fourth-order valence-corrected chi connectivity index (χ4v) is 4.69. The van der Waals surface area contributed by atoms with Crippen LogP contribution in [0.2, 0.25) is 5.02 Å². The van der Waals surface area contributed by atoms with Crippen LogP contribution in [0.3, 0.4) is 0 Å². The Bertz CT molecular complexity index is 1830. The molecule has 0 bridgehead atoms. The summed E-state index contributed by atoms with van der Waals surface area (Å²) < 4.78 is 44.5. The third-order valence-corrected chi connectivity index (χ3v) is 7.08. The van der Waals surface area contributed by atoms with E-state index in [1.54, 1.807) is 36.0 Å². The molecule has 3 heterocycles. The fourth-order valence-electron chi connectivity index (χ4n) is 4.52. The van der Waals surface area contributed by atoms with Crippen LogP contribution in [0, 0.1) is 0 Å². The summed E-state index contributed by atoms with van der Waals surface area (Å²) in [6.45, 7) is 6.61. The number of nitrogens with one attached hydrogen (secondary N) is 3. The molecule has 1 aliphatic heterocycles. The molecular weight excluding hydrogens is 661 g/mol. The van der Waals surface area contributed by atoms with Crippen molar-refractivity contribution in [2.45, 2.75) is 12.7 Å². The van der Waals surface area contributed by atoms with Crippen molar-refractivity contribution >= 4 is 63.9 Å². The Labute approximate surface area is 276 Å². The number of carboxylic acids is 1. The van der Waals surface area contributed by atoms with Crippen LogP contribution in [0.4, 0.5) is 42.0 Å². The van der Waals surface area contributed by atoms with Gasteiger partial charge in [-0.3, -0.25) is 14.0 Å². The van der Waals surface area contributed by atoms with E-state index in [4.69, 9.17) is 41.7 Å². The van der Waals surface area contributed by atoms with Crippen molar-refractivity contribution in [3.8, 4) is 5.75 Å². The van der Waals surface area contributed by atoms with Gasteiger partial charge in [-0.25, -0.2) is 9.78 Å². The Kier molecular flexibility index (Phi) is 11.3. The first-order valence-electron chi connectivity index (χ1n) is 14.0. The average Bonchev–Trinajstić information content (AvgIpc) is 3.54. The fraction of sp³-hybridized carbons (Fsp3) is 0.233. The number of alkyl halides is 3. The van der Waals surface area contributed by atoms with Crippen molar-refractivity contribution in [1.29, 1.82) is 0 Å². The standard InChI is InChI=1S/C28H29ClN8O4.C2HF3O2/c1-3-23(38)34-20-14-17(4-6-19(20)29)16-32-28-35-26(24(25(30)39)27-31-8-9-37(27)28)33-18-5-7-21(22(15-18)40-2)36-10-12-41-13-11-36;3-2(4,5)1(6)7/h3-9,14-15,33H,1,10-13,16H2,2H3,(H2,30,39)(H,32,35)(H,34,38);(H,6,7). The number of benzene rings is 2. The number of methoxy groups -OCH3 is 1. The van der Waals surface area contributed by atoms with E-state index in [2.05, 4.69) is 32.4 Å². The van der Waals surface area contributed by atoms with Gasteiger partial charge in [-0.15, -0.1) is 0 Å². The number of carbonyl (C=O) groups is 3. The highest BCUT2D eigenvalue weighted by Crippen LogP contribution is 2.34. The lowest BCUT2D eigenvalue weighted by atomic mass is 10.2. The van der Waals surface area contributed by atoms with Crippen LogP contribution in [0.25, 0.3) is 5.65 Å². The molecule has 14 nitrogen and oxygen atoms in total. The number of nitrogens with two attached hydrogens (primary N) is 1. The number of anilines is 5. The zero-order chi connectivity index (χ0) is 35.0. The lowest BCUT2D eigenvalue weighted by Gasteiger charge is -2.30. The largest absolute Gasteiger partial charge is 0.495 e. The third kappa shape index (κ3) is 8.62. The molecule has 254 valence electrons. The molecule has 1 saturated heterocycles. The highest BCUT2D eigenvalue weighted by atomic mass is 35.5. The zero-order valence-corrected chi connectivity index (χ0v) is 26.1. The monoisotopic (exact) mass is 690 g/mol. The van der Waals surface area contributed by atoms with E-state index >= 15 is 0 Å². The van der Waals surface area contributed by atoms with Gasteiger partial charge >= 0.3 is 12.1 Å². The summed E-state index contributed by atoms with van der Waals surface area (Å²) in [5.41, 5.74) is 9.12. The van der Waals surface area contributed by atoms with Crippen molar-refractivity contribution in [3.63, 3.8) is 0 Å². The van der Waals surface area contributed by atoms with E-state index in [0.717, 1.165) is 24.3 Å². The van der Waals surface area contributed by atoms with E-state index in [-0.39, 0.29) is 17.3 Å². The number of nitrogens with zero attached hydrogens (tertiary/aromatic N) is 4. The minimum atomic E-state index is -5.08. The molecule has 2 aromatic heterocycles. The molecule has 48 heavy (non-hydrogen) atoms. The second kappa shape index (κ2) is 15.4. The average molecular weight is 691 g/mol. The Morgan fingerprint density at radius 2 is 1.90 bits per heavy atom. The summed E-state index contributed by atoms with van der Waals surface area (Å²) in [5.74, 6) is -2.50. The van der Waals surface area contributed by atoms with Gasteiger partial charge in [0, 0.05) is 43.8 Å². The maximum Gasteiger partial charge on any atom is 0.490 e. The van der Waals surface area contributed by atoms with E-state index in [9.17, 15) is 22.8 Å². The Hall–Kier alpha value is -5.55. The van der Waals surface area contributed by atoms with Gasteiger partial charge in [0.2, 0.25) is 11.9 Å². The number of carbonyl (C=O) groups excluding carboxylic acids is 2. The molecule has 0 aliphatic carbocycles. The Morgan fingerprint density at radius 3 is 2.52 bits per heavy atom. The number of morpholine rings is 1. The lowest BCUT2D eigenvalue weighted by molar-refractivity contribution is -0.192. The lowest BCUT2D eigenvalue weighted by Crippen LogP contribution is -2.36. The minimum absolute atomic E-state index is 0.137. The number of aromatic nitrogens is 3. The molecular formula is C30H30ClF3N8O6. The molecule has 0 atom stereocenters. The van der Waals surface area contributed by atoms with Crippen LogP contribution >= 0.6 is 11.6 Å². The number of rotatable bonds is 10. The number of hydrogen-bond donors (Lipinski definition) is 5. The summed E-state index contributed by atoms with van der Waals surface area (Å²) in [6, 6.07) is 10.9. The molecule has 0 saturated carbocycles. The SMILES string of the molecule is C=CC(=O)Nc1cc(CNc2nc(Nc3ccc(N4CCOCC4)c(OC)c3)c(C(N)=O)c3nccn23)ccc1Cl.O=C(O)C(F)(F)F. The Balaban J connectivity index is 0.000000671. The highest BCUT2D eigenvalue weighted by Gasteiger charge is 2.38. The van der Waals surface area contributed by atoms with Crippen LogP contribution in [0.1, 0.15) is 15.9 Å². The van der Waals surface area contributed by atoms with Gasteiger partial charge in [0.1, 0.15) is 11.3 Å². The molecule has 5 rings (SSSR count). The first kappa shape index (κ1) is 35.3. The molecule has 0 unspecified atom stereocenters. The number of carboxylic acid groups (broad SMARTS) is 1. The van der Waals surface area contributed by atoms with Gasteiger partial charge in [0.05, 0.1) is 36.7 Å². The van der Waals surface area contributed by atoms with Crippen LogP contribution < -0.4 is 31.3 Å². The first-order chi connectivity index (χ1) is 22.8. The first-order valence-corrected chi connectivity index (χ1v) is 14.4. The van der Waals surface area contributed by atoms with Crippen molar-refractivity contribution in [1.82, 2.24) is 14.4 Å². The van der Waals surface area contributed by atoms with Crippen LogP contribution in [-0.4, -0.2) is 76.8 Å². The van der Waals surface area contributed by atoms with Crippen LogP contribution in [0.5, 0.6) is 5.75 Å². The molecule has 0 radical (unpaired) electrons. The van der Waals surface area contributed by atoms with Gasteiger partial charge in [-0.05, 0) is 35.9 Å².